The molecule has 1 aromatic rings. The van der Waals surface area contributed by atoms with Crippen molar-refractivity contribution < 1.29 is 27.5 Å². The number of hydrogen-bond donors (Lipinski definition) is 1. The van der Waals surface area contributed by atoms with E-state index in [9.17, 15) is 18.0 Å². The summed E-state index contributed by atoms with van der Waals surface area (Å²) in [5, 5.41) is 2.68. The highest BCUT2D eigenvalue weighted by atomic mass is 79.9. The van der Waals surface area contributed by atoms with Crippen LogP contribution in [0.25, 0.3) is 0 Å². The number of anilines is 1. The van der Waals surface area contributed by atoms with E-state index in [1.54, 1.807) is 12.1 Å². The van der Waals surface area contributed by atoms with Crippen LogP contribution in [-0.4, -0.2) is 61.8 Å². The zero-order chi connectivity index (χ0) is 23.3. The summed E-state index contributed by atoms with van der Waals surface area (Å²) in [4.78, 5) is 25.6. The fourth-order valence-electron chi connectivity index (χ4n) is 6.52. The van der Waals surface area contributed by atoms with Crippen LogP contribution in [0.1, 0.15) is 38.5 Å². The fourth-order valence-corrected chi connectivity index (χ4v) is 9.38. The third-order valence-corrected chi connectivity index (χ3v) is 10.3. The second kappa shape index (κ2) is 8.62. The van der Waals surface area contributed by atoms with Gasteiger partial charge in [0.25, 0.3) is 5.91 Å². The van der Waals surface area contributed by atoms with Gasteiger partial charge in [0.05, 0.1) is 23.5 Å². The van der Waals surface area contributed by atoms with Crippen molar-refractivity contribution in [1.29, 1.82) is 0 Å². The van der Waals surface area contributed by atoms with Crippen molar-refractivity contribution in [3.8, 4) is 0 Å². The number of morpholine rings is 1. The number of alkyl halides is 1. The Morgan fingerprint density at radius 3 is 2.33 bits per heavy atom. The van der Waals surface area contributed by atoms with Gasteiger partial charge in [-0.05, 0) is 74.6 Å². The molecule has 6 rings (SSSR count). The van der Waals surface area contributed by atoms with Gasteiger partial charge in [0.1, 0.15) is 0 Å². The maximum absolute atomic E-state index is 13.0. The summed E-state index contributed by atoms with van der Waals surface area (Å²) in [7, 11) is -3.59. The molecule has 4 atom stereocenters. The molecule has 0 radical (unpaired) electrons. The van der Waals surface area contributed by atoms with Crippen LogP contribution in [0.4, 0.5) is 5.69 Å². The Hall–Kier alpha value is -1.49. The summed E-state index contributed by atoms with van der Waals surface area (Å²) in [6.45, 7) is 1.06. The van der Waals surface area contributed by atoms with E-state index in [0.717, 1.165) is 32.1 Å². The molecule has 2 unspecified atom stereocenters. The molecule has 1 saturated heterocycles. The number of sulfonamides is 1. The largest absolute Gasteiger partial charge is 0.455 e. The number of benzene rings is 1. The molecule has 5 fully saturated rings. The number of amides is 1. The van der Waals surface area contributed by atoms with Crippen LogP contribution in [0.3, 0.4) is 0 Å². The van der Waals surface area contributed by atoms with E-state index in [1.807, 2.05) is 0 Å². The number of nitrogens with zero attached hydrogens (tertiary/aromatic N) is 1. The van der Waals surface area contributed by atoms with Crippen LogP contribution in [0.5, 0.6) is 0 Å². The lowest BCUT2D eigenvalue weighted by molar-refractivity contribution is -0.170. The lowest BCUT2D eigenvalue weighted by Crippen LogP contribution is -2.56. The standard InChI is InChI=1S/C23H29BrN2O6S/c24-23-12-16-9-17(13-23)11-22(10-16,15-23)21(28)32-14-20(27)25-18-1-3-19(4-2-18)33(29,30)26-5-7-31-8-6-26/h1-4,16-17H,5-15H2,(H,25,27)/t16-,17+,22?,23?. The van der Waals surface area contributed by atoms with E-state index in [0.29, 0.717) is 43.8 Å². The average molecular weight is 541 g/mol. The normalized spacial score (nSPS) is 33.6. The lowest BCUT2D eigenvalue weighted by atomic mass is 9.49. The van der Waals surface area contributed by atoms with Gasteiger partial charge in [0.2, 0.25) is 10.0 Å². The van der Waals surface area contributed by atoms with E-state index in [1.165, 1.54) is 22.9 Å². The van der Waals surface area contributed by atoms with E-state index in [-0.39, 0.29) is 21.8 Å². The molecule has 1 heterocycles. The van der Waals surface area contributed by atoms with Crippen molar-refractivity contribution in [3.63, 3.8) is 0 Å². The zero-order valence-electron chi connectivity index (χ0n) is 18.4. The quantitative estimate of drug-likeness (QED) is 0.439. The molecular weight excluding hydrogens is 512 g/mol. The van der Waals surface area contributed by atoms with Gasteiger partial charge in [-0.15, -0.1) is 0 Å². The summed E-state index contributed by atoms with van der Waals surface area (Å²) < 4.78 is 37.5. The zero-order valence-corrected chi connectivity index (χ0v) is 20.8. The molecule has 0 aromatic heterocycles. The van der Waals surface area contributed by atoms with Crippen molar-refractivity contribution in [2.45, 2.75) is 47.7 Å². The summed E-state index contributed by atoms with van der Waals surface area (Å²) in [5.41, 5.74) is -0.0187. The minimum atomic E-state index is -3.59. The molecule has 8 nitrogen and oxygen atoms in total. The average Bonchev–Trinajstić information content (AvgIpc) is 2.77. The van der Waals surface area contributed by atoms with E-state index >= 15 is 0 Å². The summed E-state index contributed by atoms with van der Waals surface area (Å²) in [6, 6.07) is 6.02. The van der Waals surface area contributed by atoms with Crippen LogP contribution in [0, 0.1) is 17.3 Å². The predicted molar refractivity (Wildman–Crippen MR) is 124 cm³/mol. The molecule has 1 aliphatic heterocycles. The Morgan fingerprint density at radius 2 is 1.73 bits per heavy atom. The second-order valence-corrected chi connectivity index (χ2v) is 13.7. The van der Waals surface area contributed by atoms with Gasteiger partial charge in [-0.3, -0.25) is 9.59 Å². The van der Waals surface area contributed by atoms with Crippen LogP contribution in [-0.2, 0) is 29.1 Å². The van der Waals surface area contributed by atoms with Crippen molar-refractivity contribution in [2.24, 2.45) is 17.3 Å². The Bertz CT molecular complexity index is 1020. The molecule has 180 valence electrons. The van der Waals surface area contributed by atoms with Gasteiger partial charge in [0.15, 0.2) is 6.61 Å². The monoisotopic (exact) mass is 540 g/mol. The Labute approximate surface area is 202 Å². The maximum atomic E-state index is 13.0. The molecular formula is C23H29BrN2O6S. The van der Waals surface area contributed by atoms with Crippen LogP contribution in [0.15, 0.2) is 29.2 Å². The number of carbonyl (C=O) groups excluding carboxylic acids is 2. The highest BCUT2D eigenvalue weighted by Gasteiger charge is 2.60. The molecule has 1 aromatic carbocycles. The third-order valence-electron chi connectivity index (χ3n) is 7.50. The van der Waals surface area contributed by atoms with Crippen LogP contribution in [0.2, 0.25) is 0 Å². The van der Waals surface area contributed by atoms with Crippen molar-refractivity contribution in [3.05, 3.63) is 24.3 Å². The van der Waals surface area contributed by atoms with E-state index in [4.69, 9.17) is 9.47 Å². The second-order valence-electron chi connectivity index (χ2n) is 10.1. The summed E-state index contributed by atoms with van der Waals surface area (Å²) in [5.74, 6) is 0.409. The number of ether oxygens (including phenoxy) is 2. The topological polar surface area (TPSA) is 102 Å². The first-order chi connectivity index (χ1) is 15.7. The highest BCUT2D eigenvalue weighted by Crippen LogP contribution is 2.64. The lowest BCUT2D eigenvalue weighted by Gasteiger charge is -2.58. The van der Waals surface area contributed by atoms with Gasteiger partial charge in [0, 0.05) is 23.1 Å². The van der Waals surface area contributed by atoms with Gasteiger partial charge in [-0.2, -0.15) is 4.31 Å². The van der Waals surface area contributed by atoms with Gasteiger partial charge in [-0.1, -0.05) is 15.9 Å². The Morgan fingerprint density at radius 1 is 1.09 bits per heavy atom. The first-order valence-corrected chi connectivity index (χ1v) is 13.7. The molecule has 1 amide bonds. The van der Waals surface area contributed by atoms with Crippen molar-refractivity contribution in [1.82, 2.24) is 4.31 Å². The fraction of sp³-hybridized carbons (Fsp3) is 0.652. The molecule has 4 aliphatic carbocycles. The highest BCUT2D eigenvalue weighted by molar-refractivity contribution is 9.10. The van der Waals surface area contributed by atoms with Crippen molar-refractivity contribution >= 4 is 43.5 Å². The number of nitrogens with one attached hydrogen (secondary N) is 1. The molecule has 4 bridgehead atoms. The molecule has 5 aliphatic rings. The summed E-state index contributed by atoms with van der Waals surface area (Å²) >= 11 is 3.89. The maximum Gasteiger partial charge on any atom is 0.312 e. The third kappa shape index (κ3) is 4.59. The summed E-state index contributed by atoms with van der Waals surface area (Å²) in [6.07, 6.45) is 5.94. The first-order valence-electron chi connectivity index (χ1n) is 11.5. The number of esters is 1. The van der Waals surface area contributed by atoms with Gasteiger partial charge < -0.3 is 14.8 Å². The number of rotatable bonds is 6. The predicted octanol–water partition coefficient (Wildman–Crippen LogP) is 2.92. The SMILES string of the molecule is O=C(COC(=O)C12C[C@@H]3C[C@@H](CC(Br)(C3)C1)C2)Nc1ccc(S(=O)(=O)N2CCOCC2)cc1. The molecule has 1 N–H and O–H groups in total. The molecule has 10 heteroatoms. The van der Waals surface area contributed by atoms with Crippen LogP contribution >= 0.6 is 15.9 Å². The van der Waals surface area contributed by atoms with E-state index in [2.05, 4.69) is 21.2 Å². The minimum Gasteiger partial charge on any atom is -0.455 e. The number of hydrogen-bond acceptors (Lipinski definition) is 6. The smallest absolute Gasteiger partial charge is 0.312 e. The molecule has 0 spiro atoms. The number of carbonyl (C=O) groups is 2. The van der Waals surface area contributed by atoms with Crippen molar-refractivity contribution in [2.75, 3.05) is 38.2 Å². The first kappa shape index (κ1) is 23.3. The molecule has 33 heavy (non-hydrogen) atoms. The van der Waals surface area contributed by atoms with E-state index < -0.39 is 21.3 Å². The number of halogens is 1. The Kier molecular flexibility index (Phi) is 6.08. The Balaban J connectivity index is 1.16. The molecule has 4 saturated carbocycles. The minimum absolute atomic E-state index is 0.0433. The van der Waals surface area contributed by atoms with Crippen LogP contribution < -0.4 is 5.32 Å². The van der Waals surface area contributed by atoms with Gasteiger partial charge >= 0.3 is 5.97 Å². The van der Waals surface area contributed by atoms with Gasteiger partial charge in [-0.25, -0.2) is 8.42 Å².